The van der Waals surface area contributed by atoms with E-state index >= 15 is 0 Å². The van der Waals surface area contributed by atoms with E-state index in [0.29, 0.717) is 5.13 Å². The third kappa shape index (κ3) is 2.66. The average molecular weight is 228 g/mol. The maximum absolute atomic E-state index is 10.6. The normalized spacial score (nSPS) is 21.2. The fourth-order valence-corrected chi connectivity index (χ4v) is 2.13. The molecule has 0 amide bonds. The highest BCUT2D eigenvalue weighted by atomic mass is 32.1. The summed E-state index contributed by atoms with van der Waals surface area (Å²) in [6.45, 7) is 0.759. The number of carboxylic acids is 1. The minimum absolute atomic E-state index is 0.0217. The van der Waals surface area contributed by atoms with Gasteiger partial charge in [0.05, 0.1) is 6.20 Å². The Morgan fingerprint density at radius 3 is 3.13 bits per heavy atom. The molecule has 0 radical (unpaired) electrons. The minimum atomic E-state index is -0.940. The maximum atomic E-state index is 10.6. The van der Waals surface area contributed by atoms with Gasteiger partial charge in [0.1, 0.15) is 11.1 Å². The number of thiazole rings is 1. The number of hydrogen-bond acceptors (Lipinski definition) is 5. The number of aromatic carboxylic acids is 1. The van der Waals surface area contributed by atoms with Gasteiger partial charge in [0.2, 0.25) is 0 Å². The lowest BCUT2D eigenvalue weighted by atomic mass is 10.2. The van der Waals surface area contributed by atoms with Crippen LogP contribution >= 0.6 is 11.3 Å². The Hall–Kier alpha value is -1.14. The van der Waals surface area contributed by atoms with E-state index < -0.39 is 5.97 Å². The van der Waals surface area contributed by atoms with Crippen LogP contribution in [0.3, 0.4) is 0 Å². The SMILES string of the molecule is O=C(O)c1cnc(NC2CCCCO2)s1. The Morgan fingerprint density at radius 1 is 1.67 bits per heavy atom. The van der Waals surface area contributed by atoms with Gasteiger partial charge in [-0.15, -0.1) is 0 Å². The second-order valence-corrected chi connectivity index (χ2v) is 4.37. The van der Waals surface area contributed by atoms with Crippen LogP contribution in [-0.4, -0.2) is 28.9 Å². The van der Waals surface area contributed by atoms with Crippen LogP contribution in [0, 0.1) is 0 Å². The Bertz CT molecular complexity index is 347. The van der Waals surface area contributed by atoms with Crippen LogP contribution < -0.4 is 5.32 Å². The molecular weight excluding hydrogens is 216 g/mol. The number of aromatic nitrogens is 1. The maximum Gasteiger partial charge on any atom is 0.347 e. The van der Waals surface area contributed by atoms with E-state index in [2.05, 4.69) is 10.3 Å². The molecule has 82 valence electrons. The molecule has 0 aromatic carbocycles. The number of rotatable bonds is 3. The Labute approximate surface area is 91.1 Å². The highest BCUT2D eigenvalue weighted by Crippen LogP contribution is 2.21. The predicted octanol–water partition coefficient (Wildman–Crippen LogP) is 1.78. The molecule has 0 spiro atoms. The van der Waals surface area contributed by atoms with Gasteiger partial charge in [0.15, 0.2) is 5.13 Å². The Morgan fingerprint density at radius 2 is 2.53 bits per heavy atom. The van der Waals surface area contributed by atoms with Crippen LogP contribution in [0.2, 0.25) is 0 Å². The summed E-state index contributed by atoms with van der Waals surface area (Å²) >= 11 is 1.13. The summed E-state index contributed by atoms with van der Waals surface area (Å²) in [5, 5.41) is 12.4. The predicted molar refractivity (Wildman–Crippen MR) is 56.3 cm³/mol. The number of nitrogens with one attached hydrogen (secondary N) is 1. The van der Waals surface area contributed by atoms with Crippen LogP contribution in [0.25, 0.3) is 0 Å². The second-order valence-electron chi connectivity index (χ2n) is 3.33. The van der Waals surface area contributed by atoms with Gasteiger partial charge in [0.25, 0.3) is 0 Å². The zero-order valence-electron chi connectivity index (χ0n) is 8.10. The molecule has 2 N–H and O–H groups in total. The molecule has 1 aliphatic heterocycles. The molecule has 1 aromatic rings. The molecule has 1 atom stereocenters. The first-order valence-corrected chi connectivity index (χ1v) is 5.64. The molecule has 2 heterocycles. The van der Waals surface area contributed by atoms with Gasteiger partial charge in [-0.2, -0.15) is 0 Å². The van der Waals surface area contributed by atoms with Crippen molar-refractivity contribution in [2.45, 2.75) is 25.5 Å². The Balaban J connectivity index is 1.94. The van der Waals surface area contributed by atoms with Gasteiger partial charge in [-0.05, 0) is 19.3 Å². The van der Waals surface area contributed by atoms with E-state index in [1.54, 1.807) is 0 Å². The van der Waals surface area contributed by atoms with Crippen molar-refractivity contribution < 1.29 is 14.6 Å². The van der Waals surface area contributed by atoms with Crippen LogP contribution in [0.4, 0.5) is 5.13 Å². The number of nitrogens with zero attached hydrogens (tertiary/aromatic N) is 1. The number of anilines is 1. The van der Waals surface area contributed by atoms with Crippen molar-refractivity contribution in [2.24, 2.45) is 0 Å². The van der Waals surface area contributed by atoms with E-state index in [-0.39, 0.29) is 11.1 Å². The zero-order chi connectivity index (χ0) is 10.7. The average Bonchev–Trinajstić information content (AvgIpc) is 2.68. The van der Waals surface area contributed by atoms with E-state index in [1.165, 1.54) is 6.20 Å². The van der Waals surface area contributed by atoms with Crippen LogP contribution in [0.5, 0.6) is 0 Å². The molecule has 5 nitrogen and oxygen atoms in total. The molecule has 0 bridgehead atoms. The van der Waals surface area contributed by atoms with Crippen LogP contribution in [-0.2, 0) is 4.74 Å². The first-order valence-electron chi connectivity index (χ1n) is 4.83. The smallest absolute Gasteiger partial charge is 0.347 e. The van der Waals surface area contributed by atoms with Crippen molar-refractivity contribution in [1.29, 1.82) is 0 Å². The first kappa shape index (κ1) is 10.4. The quantitative estimate of drug-likeness (QED) is 0.825. The summed E-state index contributed by atoms with van der Waals surface area (Å²) in [4.78, 5) is 14.8. The number of hydrogen-bond donors (Lipinski definition) is 2. The standard InChI is InChI=1S/C9H12N2O3S/c12-8(13)6-5-10-9(15-6)11-7-3-1-2-4-14-7/h5,7H,1-4H2,(H,10,11)(H,12,13). The van der Waals surface area contributed by atoms with Crippen molar-refractivity contribution >= 4 is 22.4 Å². The van der Waals surface area contributed by atoms with E-state index in [1.807, 2.05) is 0 Å². The fraction of sp³-hybridized carbons (Fsp3) is 0.556. The fourth-order valence-electron chi connectivity index (χ4n) is 1.43. The van der Waals surface area contributed by atoms with Crippen molar-refractivity contribution in [3.05, 3.63) is 11.1 Å². The molecule has 0 aliphatic carbocycles. The summed E-state index contributed by atoms with van der Waals surface area (Å²) in [5.74, 6) is -0.940. The van der Waals surface area contributed by atoms with E-state index in [9.17, 15) is 4.79 Å². The molecule has 2 rings (SSSR count). The van der Waals surface area contributed by atoms with Crippen LogP contribution in [0.15, 0.2) is 6.20 Å². The summed E-state index contributed by atoms with van der Waals surface area (Å²) < 4.78 is 5.46. The second kappa shape index (κ2) is 4.59. The topological polar surface area (TPSA) is 71.5 Å². The zero-order valence-corrected chi connectivity index (χ0v) is 8.92. The lowest BCUT2D eigenvalue weighted by Gasteiger charge is -2.22. The highest BCUT2D eigenvalue weighted by molar-refractivity contribution is 7.17. The van der Waals surface area contributed by atoms with Gasteiger partial charge < -0.3 is 15.2 Å². The number of carbonyl (C=O) groups is 1. The van der Waals surface area contributed by atoms with Gasteiger partial charge in [-0.25, -0.2) is 9.78 Å². The molecule has 1 fully saturated rings. The molecule has 1 unspecified atom stereocenters. The molecule has 0 saturated carbocycles. The van der Waals surface area contributed by atoms with E-state index in [4.69, 9.17) is 9.84 Å². The van der Waals surface area contributed by atoms with Gasteiger partial charge in [-0.1, -0.05) is 11.3 Å². The number of ether oxygens (including phenoxy) is 1. The largest absolute Gasteiger partial charge is 0.477 e. The minimum Gasteiger partial charge on any atom is -0.477 e. The van der Waals surface area contributed by atoms with Crippen LogP contribution in [0.1, 0.15) is 28.9 Å². The van der Waals surface area contributed by atoms with E-state index in [0.717, 1.165) is 37.2 Å². The third-order valence-corrected chi connectivity index (χ3v) is 3.10. The highest BCUT2D eigenvalue weighted by Gasteiger charge is 2.15. The van der Waals surface area contributed by atoms with Crippen molar-refractivity contribution in [3.63, 3.8) is 0 Å². The lowest BCUT2D eigenvalue weighted by Crippen LogP contribution is -2.26. The summed E-state index contributed by atoms with van der Waals surface area (Å²) in [7, 11) is 0. The van der Waals surface area contributed by atoms with Crippen molar-refractivity contribution in [2.75, 3.05) is 11.9 Å². The van der Waals surface area contributed by atoms with Crippen molar-refractivity contribution in [3.8, 4) is 0 Å². The number of carboxylic acid groups (broad SMARTS) is 1. The molecule has 1 saturated heterocycles. The molecule has 1 aromatic heterocycles. The molecule has 6 heteroatoms. The summed E-state index contributed by atoms with van der Waals surface area (Å²) in [6, 6.07) is 0. The molecule has 1 aliphatic rings. The Kier molecular flexibility index (Phi) is 3.17. The lowest BCUT2D eigenvalue weighted by molar-refractivity contribution is 0.0343. The third-order valence-electron chi connectivity index (χ3n) is 2.18. The summed E-state index contributed by atoms with van der Waals surface area (Å²) in [6.07, 6.45) is 4.51. The monoisotopic (exact) mass is 228 g/mol. The van der Waals surface area contributed by atoms with Gasteiger partial charge >= 0.3 is 5.97 Å². The molecular formula is C9H12N2O3S. The molecule has 15 heavy (non-hydrogen) atoms. The summed E-state index contributed by atoms with van der Waals surface area (Å²) in [5.41, 5.74) is 0. The van der Waals surface area contributed by atoms with Gasteiger partial charge in [-0.3, -0.25) is 0 Å². The van der Waals surface area contributed by atoms with Crippen molar-refractivity contribution in [1.82, 2.24) is 4.98 Å². The van der Waals surface area contributed by atoms with Gasteiger partial charge in [0, 0.05) is 6.61 Å². The first-order chi connectivity index (χ1) is 7.25.